The molecule has 2 N–H and O–H groups in total. The highest BCUT2D eigenvalue weighted by Gasteiger charge is 2.20. The van der Waals surface area contributed by atoms with Crippen molar-refractivity contribution in [2.75, 3.05) is 13.1 Å². The van der Waals surface area contributed by atoms with E-state index in [9.17, 15) is 8.42 Å². The van der Waals surface area contributed by atoms with Crippen molar-refractivity contribution in [3.63, 3.8) is 0 Å². The van der Waals surface area contributed by atoms with Crippen molar-refractivity contribution in [3.8, 4) is 0 Å². The lowest BCUT2D eigenvalue weighted by Crippen LogP contribution is -2.30. The molecule has 0 fully saturated rings. The van der Waals surface area contributed by atoms with Gasteiger partial charge < -0.3 is 5.32 Å². The van der Waals surface area contributed by atoms with Gasteiger partial charge >= 0.3 is 0 Å². The van der Waals surface area contributed by atoms with Crippen LogP contribution in [0.5, 0.6) is 0 Å². The quantitative estimate of drug-likeness (QED) is 0.769. The predicted octanol–water partition coefficient (Wildman–Crippen LogP) is 3.02. The zero-order valence-electron chi connectivity index (χ0n) is 13.1. The number of benzene rings is 1. The Morgan fingerprint density at radius 1 is 1.24 bits per heavy atom. The molecule has 21 heavy (non-hydrogen) atoms. The Balaban J connectivity index is 2.91. The van der Waals surface area contributed by atoms with Gasteiger partial charge in [-0.1, -0.05) is 45.4 Å². The predicted molar refractivity (Wildman–Crippen MR) is 88.0 cm³/mol. The molecule has 1 aromatic rings. The van der Waals surface area contributed by atoms with Crippen LogP contribution in [0.1, 0.15) is 33.3 Å². The summed E-state index contributed by atoms with van der Waals surface area (Å²) in [6.07, 6.45) is 0. The summed E-state index contributed by atoms with van der Waals surface area (Å²) in [5, 5.41) is 3.42. The monoisotopic (exact) mass is 332 g/mol. The minimum Gasteiger partial charge on any atom is -0.313 e. The normalized spacial score (nSPS) is 13.6. The van der Waals surface area contributed by atoms with Crippen molar-refractivity contribution in [2.45, 2.75) is 39.1 Å². The highest BCUT2D eigenvalue weighted by atomic mass is 35.5. The molecule has 6 heteroatoms. The topological polar surface area (TPSA) is 58.2 Å². The summed E-state index contributed by atoms with van der Waals surface area (Å²) < 4.78 is 27.4. The van der Waals surface area contributed by atoms with Gasteiger partial charge in [0, 0.05) is 13.1 Å². The number of halogens is 1. The van der Waals surface area contributed by atoms with E-state index < -0.39 is 10.0 Å². The first-order valence-electron chi connectivity index (χ1n) is 7.26. The summed E-state index contributed by atoms with van der Waals surface area (Å²) in [5.74, 6) is 0.687. The maximum atomic E-state index is 12.4. The molecule has 0 aliphatic rings. The second-order valence-corrected chi connectivity index (χ2v) is 7.76. The van der Waals surface area contributed by atoms with Crippen LogP contribution in [-0.2, 0) is 16.6 Å². The molecule has 1 unspecified atom stereocenters. The Kier molecular flexibility index (Phi) is 7.13. The standard InChI is InChI=1S/C15H25ClN2O2S/c1-5-17-10-13-6-7-14(16)15(8-13)21(19,20)18-9-12(4)11(2)3/h6-8,11-12,17-18H,5,9-10H2,1-4H3. The molecule has 0 amide bonds. The van der Waals surface area contributed by atoms with Gasteiger partial charge in [0.15, 0.2) is 0 Å². The summed E-state index contributed by atoms with van der Waals surface area (Å²) >= 11 is 6.05. The molecule has 1 atom stereocenters. The first kappa shape index (κ1) is 18.4. The fourth-order valence-corrected chi connectivity index (χ4v) is 3.38. The lowest BCUT2D eigenvalue weighted by molar-refractivity contribution is 0.414. The van der Waals surface area contributed by atoms with Gasteiger partial charge in [0.25, 0.3) is 0 Å². The molecular formula is C15H25ClN2O2S. The Morgan fingerprint density at radius 2 is 1.90 bits per heavy atom. The highest BCUT2D eigenvalue weighted by molar-refractivity contribution is 7.89. The molecule has 0 bridgehead atoms. The number of nitrogens with one attached hydrogen (secondary N) is 2. The van der Waals surface area contributed by atoms with Crippen LogP contribution in [0.2, 0.25) is 5.02 Å². The number of hydrogen-bond acceptors (Lipinski definition) is 3. The van der Waals surface area contributed by atoms with E-state index in [1.807, 2.05) is 19.9 Å². The minimum atomic E-state index is -3.58. The van der Waals surface area contributed by atoms with Crippen molar-refractivity contribution in [3.05, 3.63) is 28.8 Å². The first-order chi connectivity index (χ1) is 9.77. The van der Waals surface area contributed by atoms with Crippen LogP contribution < -0.4 is 10.0 Å². The Labute approximate surface area is 133 Å². The number of rotatable bonds is 8. The Bertz CT molecular complexity index is 559. The second kappa shape index (κ2) is 8.13. The van der Waals surface area contributed by atoms with E-state index >= 15 is 0 Å². The second-order valence-electron chi connectivity index (χ2n) is 5.62. The van der Waals surface area contributed by atoms with Gasteiger partial charge in [-0.05, 0) is 36.1 Å². The smallest absolute Gasteiger partial charge is 0.242 e. The molecule has 0 heterocycles. The molecule has 0 aromatic heterocycles. The number of hydrogen-bond donors (Lipinski definition) is 2. The summed E-state index contributed by atoms with van der Waals surface area (Å²) in [4.78, 5) is 0.149. The van der Waals surface area contributed by atoms with Crippen LogP contribution in [0.15, 0.2) is 23.1 Å². The molecule has 1 aromatic carbocycles. The van der Waals surface area contributed by atoms with E-state index in [1.54, 1.807) is 12.1 Å². The summed E-state index contributed by atoms with van der Waals surface area (Å²) in [6.45, 7) is 10.0. The molecule has 0 saturated carbocycles. The van der Waals surface area contributed by atoms with Crippen LogP contribution in [-0.4, -0.2) is 21.5 Å². The number of sulfonamides is 1. The zero-order chi connectivity index (χ0) is 16.0. The van der Waals surface area contributed by atoms with Gasteiger partial charge in [0.1, 0.15) is 4.90 Å². The van der Waals surface area contributed by atoms with Gasteiger partial charge in [-0.25, -0.2) is 13.1 Å². The highest BCUT2D eigenvalue weighted by Crippen LogP contribution is 2.23. The van der Waals surface area contributed by atoms with Gasteiger partial charge in [-0.15, -0.1) is 0 Å². The molecule has 4 nitrogen and oxygen atoms in total. The average Bonchev–Trinajstić information content (AvgIpc) is 2.43. The van der Waals surface area contributed by atoms with Crippen molar-refractivity contribution in [1.82, 2.24) is 10.0 Å². The minimum absolute atomic E-state index is 0.149. The van der Waals surface area contributed by atoms with E-state index in [0.717, 1.165) is 12.1 Å². The molecule has 1 rings (SSSR count). The molecule has 120 valence electrons. The fourth-order valence-electron chi connectivity index (χ4n) is 1.69. The van der Waals surface area contributed by atoms with E-state index in [-0.39, 0.29) is 15.8 Å². The average molecular weight is 333 g/mol. The van der Waals surface area contributed by atoms with Crippen LogP contribution in [0.4, 0.5) is 0 Å². The van der Waals surface area contributed by atoms with Crippen molar-refractivity contribution in [2.24, 2.45) is 11.8 Å². The third-order valence-corrected chi connectivity index (χ3v) is 5.50. The molecule has 0 saturated heterocycles. The van der Waals surface area contributed by atoms with E-state index in [0.29, 0.717) is 19.0 Å². The molecule has 0 radical (unpaired) electrons. The van der Waals surface area contributed by atoms with Crippen molar-refractivity contribution < 1.29 is 8.42 Å². The van der Waals surface area contributed by atoms with Gasteiger partial charge in [-0.2, -0.15) is 0 Å². The fraction of sp³-hybridized carbons (Fsp3) is 0.600. The molecule has 0 spiro atoms. The van der Waals surface area contributed by atoms with Crippen molar-refractivity contribution >= 4 is 21.6 Å². The first-order valence-corrected chi connectivity index (χ1v) is 9.12. The van der Waals surface area contributed by atoms with Crippen LogP contribution in [0.25, 0.3) is 0 Å². The molecule has 0 aliphatic carbocycles. The van der Waals surface area contributed by atoms with Crippen LogP contribution >= 0.6 is 11.6 Å². The van der Waals surface area contributed by atoms with E-state index in [1.165, 1.54) is 0 Å². The zero-order valence-corrected chi connectivity index (χ0v) is 14.7. The molecule has 0 aliphatic heterocycles. The SMILES string of the molecule is CCNCc1ccc(Cl)c(S(=O)(=O)NCC(C)C(C)C)c1. The van der Waals surface area contributed by atoms with Crippen LogP contribution in [0, 0.1) is 11.8 Å². The van der Waals surface area contributed by atoms with Gasteiger partial charge in [0.05, 0.1) is 5.02 Å². The lowest BCUT2D eigenvalue weighted by atomic mass is 9.99. The van der Waals surface area contributed by atoms with Crippen LogP contribution in [0.3, 0.4) is 0 Å². The Hall–Kier alpha value is -0.620. The third-order valence-electron chi connectivity index (χ3n) is 3.60. The molecular weight excluding hydrogens is 308 g/mol. The third kappa shape index (κ3) is 5.58. The van der Waals surface area contributed by atoms with Gasteiger partial charge in [-0.3, -0.25) is 0 Å². The summed E-state index contributed by atoms with van der Waals surface area (Å²) in [7, 11) is -3.58. The Morgan fingerprint density at radius 3 is 2.48 bits per heavy atom. The van der Waals surface area contributed by atoms with Crippen molar-refractivity contribution in [1.29, 1.82) is 0 Å². The maximum Gasteiger partial charge on any atom is 0.242 e. The summed E-state index contributed by atoms with van der Waals surface area (Å²) in [6, 6.07) is 5.10. The lowest BCUT2D eigenvalue weighted by Gasteiger charge is -2.17. The van der Waals surface area contributed by atoms with E-state index in [4.69, 9.17) is 11.6 Å². The maximum absolute atomic E-state index is 12.4. The van der Waals surface area contributed by atoms with E-state index in [2.05, 4.69) is 23.9 Å². The largest absolute Gasteiger partial charge is 0.313 e. The van der Waals surface area contributed by atoms with Gasteiger partial charge in [0.2, 0.25) is 10.0 Å². The summed E-state index contributed by atoms with van der Waals surface area (Å²) in [5.41, 5.74) is 0.901.